The zero-order valence-corrected chi connectivity index (χ0v) is 13.0. The van der Waals surface area contributed by atoms with Crippen molar-refractivity contribution in [2.75, 3.05) is 7.11 Å². The van der Waals surface area contributed by atoms with Crippen molar-refractivity contribution in [3.8, 4) is 0 Å². The average molecular weight is 314 g/mol. The first-order valence-corrected chi connectivity index (χ1v) is 7.80. The topological polar surface area (TPSA) is 69.7 Å². The van der Waals surface area contributed by atoms with E-state index in [0.29, 0.717) is 11.3 Å². The first-order valence-electron chi connectivity index (χ1n) is 7.80. The van der Waals surface area contributed by atoms with Crippen LogP contribution in [0.15, 0.2) is 47.2 Å². The molecule has 1 aliphatic heterocycles. The van der Waals surface area contributed by atoms with Gasteiger partial charge in [-0.15, -0.1) is 0 Å². The van der Waals surface area contributed by atoms with E-state index in [9.17, 15) is 14.4 Å². The second-order valence-electron chi connectivity index (χ2n) is 5.87. The maximum Gasteiger partial charge on any atom is 0.268 e. The molecule has 120 valence electrons. The van der Waals surface area contributed by atoms with Crippen molar-refractivity contribution in [2.45, 2.75) is 32.1 Å². The van der Waals surface area contributed by atoms with Crippen molar-refractivity contribution in [3.05, 3.63) is 47.2 Å². The number of ether oxygens (including phenoxy) is 2. The third-order valence-corrected chi connectivity index (χ3v) is 4.36. The first-order chi connectivity index (χ1) is 11.1. The van der Waals surface area contributed by atoms with Gasteiger partial charge in [0.15, 0.2) is 11.5 Å². The summed E-state index contributed by atoms with van der Waals surface area (Å²) >= 11 is 0. The number of hydrogen-bond acceptors (Lipinski definition) is 5. The quantitative estimate of drug-likeness (QED) is 0.578. The predicted molar refractivity (Wildman–Crippen MR) is 82.0 cm³/mol. The second-order valence-corrected chi connectivity index (χ2v) is 5.87. The minimum absolute atomic E-state index is 0.0172. The van der Waals surface area contributed by atoms with Gasteiger partial charge in [-0.1, -0.05) is 19.3 Å². The maximum atomic E-state index is 12.2. The van der Waals surface area contributed by atoms with Crippen LogP contribution in [-0.2, 0) is 23.9 Å². The minimum atomic E-state index is -0.690. The summed E-state index contributed by atoms with van der Waals surface area (Å²) in [5.74, 6) is -0.702. The van der Waals surface area contributed by atoms with Crippen LogP contribution in [0.4, 0.5) is 0 Å². The van der Waals surface area contributed by atoms with E-state index in [-0.39, 0.29) is 23.2 Å². The van der Waals surface area contributed by atoms with Gasteiger partial charge in [-0.2, -0.15) is 0 Å². The van der Waals surface area contributed by atoms with E-state index in [1.807, 2.05) is 0 Å². The van der Waals surface area contributed by atoms with Crippen LogP contribution in [0.25, 0.3) is 0 Å². The molecule has 1 heterocycles. The van der Waals surface area contributed by atoms with E-state index in [2.05, 4.69) is 0 Å². The third-order valence-electron chi connectivity index (χ3n) is 4.36. The molecule has 0 aromatic rings. The summed E-state index contributed by atoms with van der Waals surface area (Å²) in [6.45, 7) is 0. The normalized spacial score (nSPS) is 25.9. The Kier molecular flexibility index (Phi) is 4.28. The Morgan fingerprint density at radius 2 is 1.74 bits per heavy atom. The van der Waals surface area contributed by atoms with Gasteiger partial charge < -0.3 is 9.47 Å². The summed E-state index contributed by atoms with van der Waals surface area (Å²) in [5, 5.41) is 0. The van der Waals surface area contributed by atoms with E-state index in [4.69, 9.17) is 9.47 Å². The molecular formula is C18H18O5. The van der Waals surface area contributed by atoms with Crippen LogP contribution in [-0.4, -0.2) is 24.5 Å². The van der Waals surface area contributed by atoms with Gasteiger partial charge in [-0.05, 0) is 31.1 Å². The zero-order valence-electron chi connectivity index (χ0n) is 13.0. The van der Waals surface area contributed by atoms with Gasteiger partial charge in [0.2, 0.25) is 11.6 Å². The lowest BCUT2D eigenvalue weighted by molar-refractivity contribution is -0.134. The highest BCUT2D eigenvalue weighted by molar-refractivity contribution is 6.47. The van der Waals surface area contributed by atoms with E-state index < -0.39 is 11.6 Å². The fraction of sp³-hybridized carbons (Fsp3) is 0.389. The number of methoxy groups -OCH3 is 1. The van der Waals surface area contributed by atoms with Crippen LogP contribution in [0.2, 0.25) is 0 Å². The van der Waals surface area contributed by atoms with E-state index in [1.165, 1.54) is 37.8 Å². The molecular weight excluding hydrogens is 296 g/mol. The van der Waals surface area contributed by atoms with Crippen LogP contribution in [0.5, 0.6) is 0 Å². The lowest BCUT2D eigenvalue weighted by Gasteiger charge is -2.27. The van der Waals surface area contributed by atoms with Crippen LogP contribution in [0, 0.1) is 5.92 Å². The van der Waals surface area contributed by atoms with Gasteiger partial charge in [-0.25, -0.2) is 0 Å². The van der Waals surface area contributed by atoms with Gasteiger partial charge in [0, 0.05) is 17.6 Å². The molecule has 0 radical (unpaired) electrons. The molecule has 5 nitrogen and oxygen atoms in total. The van der Waals surface area contributed by atoms with Crippen LogP contribution < -0.4 is 0 Å². The Hall–Kier alpha value is -2.43. The second kappa shape index (κ2) is 6.36. The number of rotatable bonds is 2. The summed E-state index contributed by atoms with van der Waals surface area (Å²) < 4.78 is 10.8. The fourth-order valence-corrected chi connectivity index (χ4v) is 3.09. The number of carbonyl (C=O) groups excluding carboxylic acids is 3. The lowest BCUT2D eigenvalue weighted by Crippen LogP contribution is -2.26. The monoisotopic (exact) mass is 314 g/mol. The lowest BCUT2D eigenvalue weighted by atomic mass is 9.86. The average Bonchev–Trinajstić information content (AvgIpc) is 2.58. The molecule has 2 aliphatic carbocycles. The molecule has 0 unspecified atom stereocenters. The number of allylic oxidation sites excluding steroid dienone is 7. The van der Waals surface area contributed by atoms with E-state index in [1.54, 1.807) is 0 Å². The zero-order chi connectivity index (χ0) is 16.4. The summed E-state index contributed by atoms with van der Waals surface area (Å²) in [4.78, 5) is 35.8. The smallest absolute Gasteiger partial charge is 0.268 e. The summed E-state index contributed by atoms with van der Waals surface area (Å²) in [6, 6.07) is 0. The molecule has 5 heteroatoms. The summed E-state index contributed by atoms with van der Waals surface area (Å²) in [7, 11) is 1.38. The standard InChI is InChI=1S/C18H18O5/c1-22-16-9-12(7-8-13(16)19)18-17(21)14(20)10-15(23-18)11-5-3-2-4-6-11/h7-11H,2-6H2,1H3/b18-12-. The number of ketones is 3. The molecule has 1 fully saturated rings. The number of carbonyl (C=O) groups is 3. The van der Waals surface area contributed by atoms with Crippen molar-refractivity contribution in [2.24, 2.45) is 5.92 Å². The van der Waals surface area contributed by atoms with E-state index in [0.717, 1.165) is 25.7 Å². The Bertz CT molecular complexity index is 684. The van der Waals surface area contributed by atoms with Crippen LogP contribution in [0.1, 0.15) is 32.1 Å². The Labute approximate surface area is 134 Å². The SMILES string of the molecule is COC1=C/C(=C2\OC(C3CCCCC3)=CC(=O)C2=O)C=CC1=O. The third kappa shape index (κ3) is 3.04. The molecule has 0 atom stereocenters. The predicted octanol–water partition coefficient (Wildman–Crippen LogP) is 2.54. The van der Waals surface area contributed by atoms with Crippen molar-refractivity contribution in [1.29, 1.82) is 0 Å². The molecule has 0 N–H and O–H groups in total. The van der Waals surface area contributed by atoms with Gasteiger partial charge in [0.1, 0.15) is 5.76 Å². The Morgan fingerprint density at radius 3 is 2.43 bits per heavy atom. The molecule has 0 aromatic carbocycles. The molecule has 3 aliphatic rings. The molecule has 3 rings (SSSR count). The van der Waals surface area contributed by atoms with Crippen molar-refractivity contribution in [3.63, 3.8) is 0 Å². The molecule has 23 heavy (non-hydrogen) atoms. The van der Waals surface area contributed by atoms with Crippen LogP contribution in [0.3, 0.4) is 0 Å². The van der Waals surface area contributed by atoms with Gasteiger partial charge in [-0.3, -0.25) is 14.4 Å². The largest absolute Gasteiger partial charge is 0.493 e. The highest BCUT2D eigenvalue weighted by atomic mass is 16.5. The van der Waals surface area contributed by atoms with Gasteiger partial charge >= 0.3 is 0 Å². The fourth-order valence-electron chi connectivity index (χ4n) is 3.09. The summed E-state index contributed by atoms with van der Waals surface area (Å²) in [6.07, 6.45) is 10.9. The van der Waals surface area contributed by atoms with Gasteiger partial charge in [0.25, 0.3) is 5.78 Å². The summed E-state index contributed by atoms with van der Waals surface area (Å²) in [5.41, 5.74) is 0.390. The minimum Gasteiger partial charge on any atom is -0.493 e. The highest BCUT2D eigenvalue weighted by Gasteiger charge is 2.33. The Morgan fingerprint density at radius 1 is 1.00 bits per heavy atom. The number of hydrogen-bond donors (Lipinski definition) is 0. The van der Waals surface area contributed by atoms with E-state index >= 15 is 0 Å². The van der Waals surface area contributed by atoms with Crippen molar-refractivity contribution in [1.82, 2.24) is 0 Å². The number of Topliss-reactive ketones (excluding diaryl/α,β-unsaturated/α-hetero) is 1. The van der Waals surface area contributed by atoms with Crippen molar-refractivity contribution >= 4 is 17.3 Å². The Balaban J connectivity index is 1.95. The molecule has 0 spiro atoms. The molecule has 0 bridgehead atoms. The molecule has 1 saturated carbocycles. The first kappa shape index (κ1) is 15.5. The highest BCUT2D eigenvalue weighted by Crippen LogP contribution is 2.34. The molecule has 0 amide bonds. The maximum absolute atomic E-state index is 12.2. The van der Waals surface area contributed by atoms with Gasteiger partial charge in [0.05, 0.1) is 7.11 Å². The van der Waals surface area contributed by atoms with Crippen molar-refractivity contribution < 1.29 is 23.9 Å². The molecule has 0 saturated heterocycles. The molecule has 0 aromatic heterocycles. The van der Waals surface area contributed by atoms with Crippen LogP contribution >= 0.6 is 0 Å².